The van der Waals surface area contributed by atoms with Gasteiger partial charge in [0.1, 0.15) is 22.7 Å². The number of ether oxygens (including phenoxy) is 1. The minimum Gasteiger partial charge on any atom is -0.456 e. The first kappa shape index (κ1) is 22.1. The molecule has 0 spiro atoms. The van der Waals surface area contributed by atoms with E-state index in [0.717, 1.165) is 15.8 Å². The number of aromatic nitrogens is 4. The van der Waals surface area contributed by atoms with Gasteiger partial charge in [0.15, 0.2) is 10.8 Å². The van der Waals surface area contributed by atoms with Crippen molar-refractivity contribution in [3.63, 3.8) is 0 Å². The van der Waals surface area contributed by atoms with Crippen LogP contribution in [0.15, 0.2) is 54.7 Å². The minimum atomic E-state index is -1.16. The van der Waals surface area contributed by atoms with E-state index >= 15 is 0 Å². The normalized spacial score (nSPS) is 14.1. The third kappa shape index (κ3) is 3.93. The molecular formula is C25H19FN6O3S. The van der Waals surface area contributed by atoms with Gasteiger partial charge in [0, 0.05) is 18.0 Å². The van der Waals surface area contributed by atoms with Crippen LogP contribution in [0.5, 0.6) is 11.5 Å². The van der Waals surface area contributed by atoms with Crippen LogP contribution in [0.2, 0.25) is 0 Å². The molecule has 180 valence electrons. The van der Waals surface area contributed by atoms with Gasteiger partial charge >= 0.3 is 0 Å². The molecule has 3 heterocycles. The Morgan fingerprint density at radius 2 is 1.86 bits per heavy atom. The first-order chi connectivity index (χ1) is 17.4. The van der Waals surface area contributed by atoms with Crippen molar-refractivity contribution in [2.45, 2.75) is 19.8 Å². The van der Waals surface area contributed by atoms with E-state index < -0.39 is 23.0 Å². The summed E-state index contributed by atoms with van der Waals surface area (Å²) in [5, 5.41) is 13.8. The topological polar surface area (TPSA) is 122 Å². The predicted molar refractivity (Wildman–Crippen MR) is 134 cm³/mol. The molecular weight excluding hydrogens is 483 g/mol. The second-order valence-electron chi connectivity index (χ2n) is 8.59. The maximum atomic E-state index is 13.1. The number of benzene rings is 2. The maximum absolute atomic E-state index is 13.1. The van der Waals surface area contributed by atoms with E-state index in [0.29, 0.717) is 46.3 Å². The van der Waals surface area contributed by atoms with Crippen LogP contribution in [0.25, 0.3) is 21.3 Å². The van der Waals surface area contributed by atoms with E-state index in [9.17, 15) is 14.0 Å². The Hall–Kier alpha value is -4.38. The molecule has 3 N–H and O–H groups in total. The minimum absolute atomic E-state index is 0.394. The van der Waals surface area contributed by atoms with Gasteiger partial charge in [-0.15, -0.1) is 0 Å². The number of nitrogens with one attached hydrogen (secondary N) is 3. The molecule has 2 amide bonds. The molecule has 0 atom stereocenters. The number of anilines is 2. The molecule has 1 aliphatic carbocycles. The van der Waals surface area contributed by atoms with Crippen molar-refractivity contribution in [3.8, 4) is 11.5 Å². The Morgan fingerprint density at radius 3 is 2.64 bits per heavy atom. The van der Waals surface area contributed by atoms with Gasteiger partial charge in [-0.25, -0.2) is 14.4 Å². The number of aromatic amines is 1. The Kier molecular flexibility index (Phi) is 5.15. The largest absolute Gasteiger partial charge is 0.456 e. The summed E-state index contributed by atoms with van der Waals surface area (Å²) in [6.45, 7) is 1.88. The van der Waals surface area contributed by atoms with E-state index in [1.807, 2.05) is 19.1 Å². The third-order valence-electron chi connectivity index (χ3n) is 6.13. The fraction of sp³-hybridized carbons (Fsp3) is 0.160. The summed E-state index contributed by atoms with van der Waals surface area (Å²) in [5.41, 5.74) is 1.41. The van der Waals surface area contributed by atoms with Gasteiger partial charge in [0.05, 0.1) is 21.3 Å². The van der Waals surface area contributed by atoms with Gasteiger partial charge in [-0.1, -0.05) is 11.3 Å². The highest BCUT2D eigenvalue weighted by Gasteiger charge is 2.56. The average Bonchev–Trinajstić information content (AvgIpc) is 3.47. The van der Waals surface area contributed by atoms with Crippen molar-refractivity contribution < 1.29 is 18.7 Å². The van der Waals surface area contributed by atoms with Crippen LogP contribution in [0, 0.1) is 18.2 Å². The average molecular weight is 503 g/mol. The molecule has 2 aromatic carbocycles. The Labute approximate surface area is 207 Å². The first-order valence-corrected chi connectivity index (χ1v) is 12.0. The maximum Gasteiger partial charge on any atom is 0.241 e. The summed E-state index contributed by atoms with van der Waals surface area (Å²) in [5.74, 6) is 0.0109. The van der Waals surface area contributed by atoms with Crippen LogP contribution in [-0.2, 0) is 9.59 Å². The van der Waals surface area contributed by atoms with E-state index in [-0.39, 0.29) is 0 Å². The second-order valence-corrected chi connectivity index (χ2v) is 9.62. The van der Waals surface area contributed by atoms with Crippen LogP contribution in [0.3, 0.4) is 0 Å². The summed E-state index contributed by atoms with van der Waals surface area (Å²) >= 11 is 1.29. The number of H-pyrrole nitrogens is 1. The van der Waals surface area contributed by atoms with Crippen LogP contribution in [-0.4, -0.2) is 32.0 Å². The van der Waals surface area contributed by atoms with Gasteiger partial charge in [-0.05, 0) is 62.2 Å². The molecule has 1 fully saturated rings. The number of hydrogen-bond donors (Lipinski definition) is 3. The number of halogens is 1. The SMILES string of the molecule is Cc1n[nH]c2nccc(Oc3ccc4nc(NC(=O)C5(C(=O)Nc6ccc(F)cc6)CC5)sc4c3)c12. The van der Waals surface area contributed by atoms with E-state index in [1.54, 1.807) is 18.3 Å². The number of amides is 2. The number of rotatable bonds is 6. The highest BCUT2D eigenvalue weighted by molar-refractivity contribution is 7.22. The summed E-state index contributed by atoms with van der Waals surface area (Å²) in [6.07, 6.45) is 2.51. The first-order valence-electron chi connectivity index (χ1n) is 11.2. The van der Waals surface area contributed by atoms with E-state index in [2.05, 4.69) is 30.8 Å². The number of pyridine rings is 1. The zero-order valence-corrected chi connectivity index (χ0v) is 19.8. The Morgan fingerprint density at radius 1 is 1.08 bits per heavy atom. The standard InChI is InChI=1S/C25H19FN6O3S/c1-13-20-18(8-11-27-21(20)32-31-13)35-16-6-7-17-19(12-16)36-24(29-17)30-23(34)25(9-10-25)22(33)28-15-4-2-14(26)3-5-15/h2-8,11-12H,9-10H2,1H3,(H,28,33)(H,27,31,32)(H,29,30,34). The van der Waals surface area contributed by atoms with Gasteiger partial charge in [0.25, 0.3) is 0 Å². The van der Waals surface area contributed by atoms with Gasteiger partial charge < -0.3 is 15.4 Å². The van der Waals surface area contributed by atoms with Gasteiger partial charge in [-0.3, -0.25) is 14.7 Å². The molecule has 0 bridgehead atoms. The fourth-order valence-electron chi connectivity index (χ4n) is 3.99. The highest BCUT2D eigenvalue weighted by Crippen LogP contribution is 2.48. The van der Waals surface area contributed by atoms with Crippen molar-refractivity contribution in [2.75, 3.05) is 10.6 Å². The number of thiazole rings is 1. The van der Waals surface area contributed by atoms with Crippen LogP contribution in [0.1, 0.15) is 18.5 Å². The molecule has 11 heteroatoms. The van der Waals surface area contributed by atoms with Crippen molar-refractivity contribution in [1.82, 2.24) is 20.2 Å². The number of carbonyl (C=O) groups excluding carboxylic acids is 2. The van der Waals surface area contributed by atoms with E-state index in [4.69, 9.17) is 4.74 Å². The summed E-state index contributed by atoms with van der Waals surface area (Å²) < 4.78 is 20.1. The fourth-order valence-corrected chi connectivity index (χ4v) is 4.88. The zero-order valence-electron chi connectivity index (χ0n) is 19.0. The second kappa shape index (κ2) is 8.38. The Balaban J connectivity index is 1.18. The summed E-state index contributed by atoms with van der Waals surface area (Å²) in [7, 11) is 0. The van der Waals surface area contributed by atoms with Crippen LogP contribution < -0.4 is 15.4 Å². The van der Waals surface area contributed by atoms with Gasteiger partial charge in [0.2, 0.25) is 11.8 Å². The predicted octanol–water partition coefficient (Wildman–Crippen LogP) is 5.16. The van der Waals surface area contributed by atoms with Crippen molar-refractivity contribution in [2.24, 2.45) is 5.41 Å². The monoisotopic (exact) mass is 502 g/mol. The third-order valence-corrected chi connectivity index (χ3v) is 7.07. The molecule has 0 radical (unpaired) electrons. The lowest BCUT2D eigenvalue weighted by Crippen LogP contribution is -2.35. The number of fused-ring (bicyclic) bond motifs is 2. The molecule has 36 heavy (non-hydrogen) atoms. The zero-order chi connectivity index (χ0) is 24.9. The van der Waals surface area contributed by atoms with Crippen LogP contribution >= 0.6 is 11.3 Å². The molecule has 6 rings (SSSR count). The van der Waals surface area contributed by atoms with Crippen molar-refractivity contribution >= 4 is 55.2 Å². The smallest absolute Gasteiger partial charge is 0.241 e. The molecule has 5 aromatic rings. The highest BCUT2D eigenvalue weighted by atomic mass is 32.1. The van der Waals surface area contributed by atoms with E-state index in [1.165, 1.54) is 35.6 Å². The molecule has 0 unspecified atom stereocenters. The molecule has 9 nitrogen and oxygen atoms in total. The van der Waals surface area contributed by atoms with Crippen molar-refractivity contribution in [1.29, 1.82) is 0 Å². The lowest BCUT2D eigenvalue weighted by Gasteiger charge is -2.14. The molecule has 0 saturated heterocycles. The number of hydrogen-bond acceptors (Lipinski definition) is 7. The number of nitrogens with zero attached hydrogens (tertiary/aromatic N) is 3. The lowest BCUT2D eigenvalue weighted by molar-refractivity contribution is -0.131. The number of carbonyl (C=O) groups is 2. The van der Waals surface area contributed by atoms with Crippen LogP contribution in [0.4, 0.5) is 15.2 Å². The van der Waals surface area contributed by atoms with Gasteiger partial charge in [-0.2, -0.15) is 5.10 Å². The molecule has 3 aromatic heterocycles. The molecule has 1 aliphatic rings. The molecule has 0 aliphatic heterocycles. The number of aryl methyl sites for hydroxylation is 1. The summed E-state index contributed by atoms with van der Waals surface area (Å²) in [4.78, 5) is 34.5. The summed E-state index contributed by atoms with van der Waals surface area (Å²) in [6, 6.07) is 12.7. The lowest BCUT2D eigenvalue weighted by atomic mass is 10.1. The molecule has 1 saturated carbocycles. The Bertz CT molecular complexity index is 1640. The quantitative estimate of drug-likeness (QED) is 0.276. The van der Waals surface area contributed by atoms with Crippen molar-refractivity contribution in [3.05, 3.63) is 66.2 Å².